The fraction of sp³-hybridized carbons (Fsp3) is 0.538. The van der Waals surface area contributed by atoms with Crippen molar-refractivity contribution < 1.29 is 9.13 Å². The van der Waals surface area contributed by atoms with E-state index in [2.05, 4.69) is 5.32 Å². The van der Waals surface area contributed by atoms with Gasteiger partial charge in [0, 0.05) is 36.3 Å². The average Bonchev–Trinajstić information content (AvgIpc) is 2.85. The molecule has 0 saturated carbocycles. The first-order chi connectivity index (χ1) is 8.70. The number of halogens is 2. The van der Waals surface area contributed by atoms with E-state index in [0.717, 1.165) is 19.4 Å². The van der Waals surface area contributed by atoms with E-state index in [1.807, 2.05) is 0 Å². The average molecular weight is 273 g/mol. The third-order valence-electron chi connectivity index (χ3n) is 3.19. The quantitative estimate of drug-likeness (QED) is 0.864. The molecule has 1 heterocycles. The second kappa shape index (κ2) is 6.48. The standard InChI is InChI=1S/C13H18ClFN2O/c14-9-3-4-11(12(15)6-9)13(7-16)17-8-10-2-1-5-18-10/h3-4,6,10,13,17H,1-2,5,7-8,16H2. The summed E-state index contributed by atoms with van der Waals surface area (Å²) in [6.07, 6.45) is 2.36. The van der Waals surface area contributed by atoms with E-state index in [4.69, 9.17) is 22.1 Å². The molecule has 1 aromatic rings. The predicted molar refractivity (Wildman–Crippen MR) is 70.2 cm³/mol. The van der Waals surface area contributed by atoms with Gasteiger partial charge in [-0.2, -0.15) is 0 Å². The third-order valence-corrected chi connectivity index (χ3v) is 3.42. The number of ether oxygens (including phenoxy) is 1. The molecule has 18 heavy (non-hydrogen) atoms. The van der Waals surface area contributed by atoms with Crippen molar-refractivity contribution in [3.8, 4) is 0 Å². The fourth-order valence-electron chi connectivity index (χ4n) is 2.18. The first-order valence-corrected chi connectivity index (χ1v) is 6.58. The largest absolute Gasteiger partial charge is 0.377 e. The molecule has 0 aliphatic carbocycles. The maximum atomic E-state index is 13.8. The summed E-state index contributed by atoms with van der Waals surface area (Å²) in [5, 5.41) is 3.65. The van der Waals surface area contributed by atoms with Crippen LogP contribution in [0.25, 0.3) is 0 Å². The first kappa shape index (κ1) is 13.7. The number of benzene rings is 1. The molecule has 3 nitrogen and oxygen atoms in total. The smallest absolute Gasteiger partial charge is 0.129 e. The molecule has 0 bridgehead atoms. The van der Waals surface area contributed by atoms with Gasteiger partial charge in [-0.15, -0.1) is 0 Å². The topological polar surface area (TPSA) is 47.3 Å². The first-order valence-electron chi connectivity index (χ1n) is 6.20. The Kier molecular flexibility index (Phi) is 4.95. The minimum Gasteiger partial charge on any atom is -0.377 e. The Morgan fingerprint density at radius 1 is 1.56 bits per heavy atom. The lowest BCUT2D eigenvalue weighted by molar-refractivity contribution is 0.107. The van der Waals surface area contributed by atoms with E-state index in [0.29, 0.717) is 23.7 Å². The van der Waals surface area contributed by atoms with Crippen molar-refractivity contribution in [1.29, 1.82) is 0 Å². The van der Waals surface area contributed by atoms with Gasteiger partial charge in [0.1, 0.15) is 5.82 Å². The minimum atomic E-state index is -0.321. The van der Waals surface area contributed by atoms with Gasteiger partial charge in [-0.1, -0.05) is 17.7 Å². The normalized spacial score (nSPS) is 21.2. The monoisotopic (exact) mass is 272 g/mol. The molecule has 1 aliphatic rings. The van der Waals surface area contributed by atoms with E-state index in [1.54, 1.807) is 12.1 Å². The number of rotatable bonds is 5. The number of hydrogen-bond donors (Lipinski definition) is 2. The van der Waals surface area contributed by atoms with Crippen LogP contribution in [0, 0.1) is 5.82 Å². The van der Waals surface area contributed by atoms with Gasteiger partial charge in [0.05, 0.1) is 6.10 Å². The summed E-state index contributed by atoms with van der Waals surface area (Å²) in [5.74, 6) is -0.321. The van der Waals surface area contributed by atoms with Gasteiger partial charge in [-0.05, 0) is 25.0 Å². The molecule has 0 amide bonds. The SMILES string of the molecule is NCC(NCC1CCCO1)c1ccc(Cl)cc1F. The molecule has 1 aliphatic heterocycles. The Morgan fingerprint density at radius 2 is 2.39 bits per heavy atom. The number of nitrogens with one attached hydrogen (secondary N) is 1. The van der Waals surface area contributed by atoms with Crippen LogP contribution in [0.15, 0.2) is 18.2 Å². The highest BCUT2D eigenvalue weighted by molar-refractivity contribution is 6.30. The summed E-state index contributed by atoms with van der Waals surface area (Å²) in [6.45, 7) is 1.85. The summed E-state index contributed by atoms with van der Waals surface area (Å²) in [6, 6.07) is 4.47. The molecule has 0 radical (unpaired) electrons. The number of nitrogens with two attached hydrogens (primary N) is 1. The lowest BCUT2D eigenvalue weighted by Crippen LogP contribution is -2.34. The lowest BCUT2D eigenvalue weighted by atomic mass is 10.1. The molecule has 1 saturated heterocycles. The Bertz CT molecular complexity index is 397. The second-order valence-electron chi connectivity index (χ2n) is 4.50. The van der Waals surface area contributed by atoms with Gasteiger partial charge in [0.15, 0.2) is 0 Å². The van der Waals surface area contributed by atoms with E-state index < -0.39 is 0 Å². The van der Waals surface area contributed by atoms with Crippen molar-refractivity contribution in [2.45, 2.75) is 25.0 Å². The van der Waals surface area contributed by atoms with Crippen molar-refractivity contribution >= 4 is 11.6 Å². The molecule has 1 fully saturated rings. The molecule has 1 aromatic carbocycles. The van der Waals surface area contributed by atoms with Crippen molar-refractivity contribution in [3.05, 3.63) is 34.6 Å². The molecule has 2 unspecified atom stereocenters. The van der Waals surface area contributed by atoms with Crippen LogP contribution >= 0.6 is 11.6 Å². The second-order valence-corrected chi connectivity index (χ2v) is 4.93. The van der Waals surface area contributed by atoms with Crippen LogP contribution in [0.2, 0.25) is 5.02 Å². The molecule has 0 spiro atoms. The molecular weight excluding hydrogens is 255 g/mol. The summed E-state index contributed by atoms with van der Waals surface area (Å²) in [5.41, 5.74) is 6.25. The molecule has 3 N–H and O–H groups in total. The van der Waals surface area contributed by atoms with Crippen LogP contribution in [0.4, 0.5) is 4.39 Å². The zero-order chi connectivity index (χ0) is 13.0. The zero-order valence-electron chi connectivity index (χ0n) is 10.2. The molecular formula is C13H18ClFN2O. The summed E-state index contributed by atoms with van der Waals surface area (Å²) in [7, 11) is 0. The molecule has 100 valence electrons. The van der Waals surface area contributed by atoms with Crippen molar-refractivity contribution in [1.82, 2.24) is 5.32 Å². The highest BCUT2D eigenvalue weighted by Gasteiger charge is 2.19. The van der Waals surface area contributed by atoms with Gasteiger partial charge in [-0.3, -0.25) is 0 Å². The van der Waals surface area contributed by atoms with Crippen LogP contribution < -0.4 is 11.1 Å². The van der Waals surface area contributed by atoms with Crippen LogP contribution in [0.5, 0.6) is 0 Å². The number of hydrogen-bond acceptors (Lipinski definition) is 3. The Balaban J connectivity index is 1.98. The fourth-order valence-corrected chi connectivity index (χ4v) is 2.34. The van der Waals surface area contributed by atoms with E-state index in [9.17, 15) is 4.39 Å². The van der Waals surface area contributed by atoms with Gasteiger partial charge in [0.2, 0.25) is 0 Å². The van der Waals surface area contributed by atoms with Gasteiger partial charge < -0.3 is 15.8 Å². The predicted octanol–water partition coefficient (Wildman–Crippen LogP) is 2.25. The van der Waals surface area contributed by atoms with Crippen LogP contribution in [-0.2, 0) is 4.74 Å². The van der Waals surface area contributed by atoms with E-state index in [1.165, 1.54) is 6.07 Å². The van der Waals surface area contributed by atoms with Crippen molar-refractivity contribution in [2.75, 3.05) is 19.7 Å². The maximum Gasteiger partial charge on any atom is 0.129 e. The van der Waals surface area contributed by atoms with Crippen LogP contribution in [-0.4, -0.2) is 25.8 Å². The van der Waals surface area contributed by atoms with Crippen LogP contribution in [0.1, 0.15) is 24.4 Å². The van der Waals surface area contributed by atoms with Gasteiger partial charge in [0.25, 0.3) is 0 Å². The molecule has 2 atom stereocenters. The van der Waals surface area contributed by atoms with Crippen molar-refractivity contribution in [2.24, 2.45) is 5.73 Å². The molecule has 0 aromatic heterocycles. The van der Waals surface area contributed by atoms with E-state index in [-0.39, 0.29) is 18.0 Å². The molecule has 2 rings (SSSR count). The third kappa shape index (κ3) is 3.42. The summed E-state index contributed by atoms with van der Waals surface area (Å²) >= 11 is 5.73. The van der Waals surface area contributed by atoms with Gasteiger partial charge in [-0.25, -0.2) is 4.39 Å². The summed E-state index contributed by atoms with van der Waals surface area (Å²) in [4.78, 5) is 0. The highest BCUT2D eigenvalue weighted by atomic mass is 35.5. The Morgan fingerprint density at radius 3 is 3.00 bits per heavy atom. The van der Waals surface area contributed by atoms with Crippen LogP contribution in [0.3, 0.4) is 0 Å². The lowest BCUT2D eigenvalue weighted by Gasteiger charge is -2.20. The zero-order valence-corrected chi connectivity index (χ0v) is 10.9. The van der Waals surface area contributed by atoms with Gasteiger partial charge >= 0.3 is 0 Å². The maximum absolute atomic E-state index is 13.8. The van der Waals surface area contributed by atoms with Crippen molar-refractivity contribution in [3.63, 3.8) is 0 Å². The molecule has 5 heteroatoms. The summed E-state index contributed by atoms with van der Waals surface area (Å²) < 4.78 is 19.3. The Labute approximate surface area is 111 Å². The Hall–Kier alpha value is -0.680. The van der Waals surface area contributed by atoms with E-state index >= 15 is 0 Å². The minimum absolute atomic E-state index is 0.202. The highest BCUT2D eigenvalue weighted by Crippen LogP contribution is 2.21.